The standard InChI is InChI=1S/C9H9N3O5S3/c1-19(13,14)9-12-11-8(18-9)10-6-3-2-4-7(5-6)20(15,16)17/h2-5H,1H3,(H,10,11)(H,15,16,17)/p-1. The number of rotatable bonds is 4. The molecule has 108 valence electrons. The Morgan fingerprint density at radius 1 is 1.20 bits per heavy atom. The summed E-state index contributed by atoms with van der Waals surface area (Å²) in [6.45, 7) is 0. The minimum atomic E-state index is -4.55. The van der Waals surface area contributed by atoms with Gasteiger partial charge in [0.15, 0.2) is 0 Å². The highest BCUT2D eigenvalue weighted by Gasteiger charge is 2.14. The topological polar surface area (TPSA) is 129 Å². The van der Waals surface area contributed by atoms with Crippen LogP contribution >= 0.6 is 11.3 Å². The Morgan fingerprint density at radius 3 is 2.45 bits per heavy atom. The van der Waals surface area contributed by atoms with Crippen LogP contribution in [-0.4, -0.2) is 37.8 Å². The lowest BCUT2D eigenvalue weighted by molar-refractivity contribution is 0.463. The summed E-state index contributed by atoms with van der Waals surface area (Å²) in [5.74, 6) is 0. The molecule has 0 fully saturated rings. The van der Waals surface area contributed by atoms with Crippen LogP contribution in [-0.2, 0) is 20.0 Å². The Hall–Kier alpha value is -1.56. The molecule has 11 heteroatoms. The van der Waals surface area contributed by atoms with E-state index < -0.39 is 24.9 Å². The number of nitrogens with zero attached hydrogens (tertiary/aromatic N) is 2. The first-order valence-corrected chi connectivity index (χ1v) is 9.14. The maximum atomic E-state index is 11.2. The maximum absolute atomic E-state index is 11.2. The Labute approximate surface area is 119 Å². The van der Waals surface area contributed by atoms with Gasteiger partial charge in [-0.25, -0.2) is 16.8 Å². The highest BCUT2D eigenvalue weighted by Crippen LogP contribution is 2.24. The molecule has 0 bridgehead atoms. The fourth-order valence-corrected chi connectivity index (χ4v) is 3.31. The number of benzene rings is 1. The number of aromatic nitrogens is 2. The molecule has 0 saturated carbocycles. The molecule has 1 heterocycles. The first kappa shape index (κ1) is 14.8. The molecule has 1 aromatic carbocycles. The summed E-state index contributed by atoms with van der Waals surface area (Å²) < 4.78 is 55.0. The number of anilines is 2. The average molecular weight is 334 g/mol. The van der Waals surface area contributed by atoms with Crippen molar-refractivity contribution in [1.82, 2.24) is 10.2 Å². The van der Waals surface area contributed by atoms with Gasteiger partial charge in [0.1, 0.15) is 10.1 Å². The molecule has 1 N–H and O–H groups in total. The largest absolute Gasteiger partial charge is 0.744 e. The SMILES string of the molecule is CS(=O)(=O)c1nnc(Nc2cccc(S(=O)(=O)[O-])c2)s1. The zero-order valence-electron chi connectivity index (χ0n) is 9.97. The predicted octanol–water partition coefficient (Wildman–Crippen LogP) is 0.589. The van der Waals surface area contributed by atoms with E-state index in [-0.39, 0.29) is 15.2 Å². The van der Waals surface area contributed by atoms with Crippen LogP contribution in [0.25, 0.3) is 0 Å². The average Bonchev–Trinajstić information content (AvgIpc) is 2.76. The molecule has 2 rings (SSSR count). The normalized spacial score (nSPS) is 12.3. The number of hydrogen-bond donors (Lipinski definition) is 1. The zero-order chi connectivity index (χ0) is 15.0. The molecule has 2 aromatic rings. The molecular weight excluding hydrogens is 326 g/mol. The summed E-state index contributed by atoms with van der Waals surface area (Å²) in [7, 11) is -8.00. The van der Waals surface area contributed by atoms with Crippen molar-refractivity contribution in [3.05, 3.63) is 24.3 Å². The van der Waals surface area contributed by atoms with Crippen LogP contribution in [0.1, 0.15) is 0 Å². The van der Waals surface area contributed by atoms with Crippen molar-refractivity contribution in [2.45, 2.75) is 9.24 Å². The van der Waals surface area contributed by atoms with Crippen LogP contribution in [0.2, 0.25) is 0 Å². The van der Waals surface area contributed by atoms with Crippen LogP contribution in [0.5, 0.6) is 0 Å². The van der Waals surface area contributed by atoms with E-state index in [4.69, 9.17) is 0 Å². The van der Waals surface area contributed by atoms with Crippen molar-refractivity contribution in [1.29, 1.82) is 0 Å². The van der Waals surface area contributed by atoms with E-state index >= 15 is 0 Å². The molecule has 8 nitrogen and oxygen atoms in total. The zero-order valence-corrected chi connectivity index (χ0v) is 12.4. The van der Waals surface area contributed by atoms with Crippen LogP contribution < -0.4 is 5.32 Å². The summed E-state index contributed by atoms with van der Waals surface area (Å²) in [6, 6.07) is 5.18. The fourth-order valence-electron chi connectivity index (χ4n) is 1.26. The highest BCUT2D eigenvalue weighted by molar-refractivity contribution is 7.92. The summed E-state index contributed by atoms with van der Waals surface area (Å²) >= 11 is 0.799. The van der Waals surface area contributed by atoms with Gasteiger partial charge in [0.2, 0.25) is 19.3 Å². The van der Waals surface area contributed by atoms with Gasteiger partial charge in [0, 0.05) is 11.9 Å². The summed E-state index contributed by atoms with van der Waals surface area (Å²) in [6.07, 6.45) is 1.00. The molecular formula is C9H8N3O5S3-. The maximum Gasteiger partial charge on any atom is 0.234 e. The van der Waals surface area contributed by atoms with E-state index in [2.05, 4.69) is 15.5 Å². The van der Waals surface area contributed by atoms with Crippen LogP contribution in [0.15, 0.2) is 33.5 Å². The van der Waals surface area contributed by atoms with Gasteiger partial charge < -0.3 is 9.87 Å². The van der Waals surface area contributed by atoms with Gasteiger partial charge in [-0.05, 0) is 18.2 Å². The van der Waals surface area contributed by atoms with Crippen LogP contribution in [0.4, 0.5) is 10.8 Å². The van der Waals surface area contributed by atoms with Crippen LogP contribution in [0.3, 0.4) is 0 Å². The molecule has 0 amide bonds. The van der Waals surface area contributed by atoms with E-state index in [0.717, 1.165) is 29.7 Å². The first-order chi connectivity index (χ1) is 9.16. The Kier molecular flexibility index (Phi) is 3.77. The lowest BCUT2D eigenvalue weighted by Crippen LogP contribution is -1.99. The third kappa shape index (κ3) is 3.50. The quantitative estimate of drug-likeness (QED) is 0.804. The van der Waals surface area contributed by atoms with Crippen molar-refractivity contribution >= 4 is 42.1 Å². The summed E-state index contributed by atoms with van der Waals surface area (Å²) in [4.78, 5) is -0.393. The van der Waals surface area contributed by atoms with E-state index in [0.29, 0.717) is 0 Å². The van der Waals surface area contributed by atoms with Gasteiger partial charge >= 0.3 is 0 Å². The highest BCUT2D eigenvalue weighted by atomic mass is 32.2. The lowest BCUT2D eigenvalue weighted by Gasteiger charge is -2.08. The van der Waals surface area contributed by atoms with Gasteiger partial charge in [-0.2, -0.15) is 0 Å². The third-order valence-corrected chi connectivity index (χ3v) is 5.44. The molecule has 0 saturated heterocycles. The first-order valence-electron chi connectivity index (χ1n) is 5.03. The van der Waals surface area contributed by atoms with Gasteiger partial charge in [0.05, 0.1) is 4.90 Å². The number of hydrogen-bond acceptors (Lipinski definition) is 9. The predicted molar refractivity (Wildman–Crippen MR) is 70.7 cm³/mol. The van der Waals surface area contributed by atoms with Crippen molar-refractivity contribution in [2.75, 3.05) is 11.6 Å². The van der Waals surface area contributed by atoms with E-state index in [9.17, 15) is 21.4 Å². The molecule has 0 radical (unpaired) electrons. The third-order valence-electron chi connectivity index (χ3n) is 2.10. The minimum absolute atomic E-state index is 0.160. The van der Waals surface area contributed by atoms with Crippen molar-refractivity contribution < 1.29 is 21.4 Å². The molecule has 0 atom stereocenters. The van der Waals surface area contributed by atoms with Gasteiger partial charge in [0.25, 0.3) is 0 Å². The van der Waals surface area contributed by atoms with Crippen molar-refractivity contribution in [3.63, 3.8) is 0 Å². The minimum Gasteiger partial charge on any atom is -0.744 e. The Balaban J connectivity index is 2.29. The lowest BCUT2D eigenvalue weighted by atomic mass is 10.3. The van der Waals surface area contributed by atoms with Gasteiger partial charge in [-0.1, -0.05) is 17.4 Å². The van der Waals surface area contributed by atoms with Crippen molar-refractivity contribution in [2.24, 2.45) is 0 Å². The molecule has 1 aromatic heterocycles. The Bertz CT molecular complexity index is 841. The molecule has 20 heavy (non-hydrogen) atoms. The van der Waals surface area contributed by atoms with E-state index in [1.54, 1.807) is 0 Å². The second-order valence-corrected chi connectivity index (χ2v) is 8.30. The van der Waals surface area contributed by atoms with Gasteiger partial charge in [-0.15, -0.1) is 10.2 Å². The van der Waals surface area contributed by atoms with Gasteiger partial charge in [-0.3, -0.25) is 0 Å². The van der Waals surface area contributed by atoms with Crippen LogP contribution in [0, 0.1) is 0 Å². The van der Waals surface area contributed by atoms with Crippen molar-refractivity contribution in [3.8, 4) is 0 Å². The van der Waals surface area contributed by atoms with E-state index in [1.165, 1.54) is 12.1 Å². The fraction of sp³-hybridized carbons (Fsp3) is 0.111. The summed E-state index contributed by atoms with van der Waals surface area (Å²) in [5.41, 5.74) is 0.290. The smallest absolute Gasteiger partial charge is 0.234 e. The molecule has 0 aliphatic heterocycles. The monoisotopic (exact) mass is 334 g/mol. The molecule has 0 aliphatic carbocycles. The summed E-state index contributed by atoms with van der Waals surface area (Å²) in [5, 5.41) is 9.97. The molecule has 0 spiro atoms. The number of sulfone groups is 1. The molecule has 0 unspecified atom stereocenters. The number of nitrogens with one attached hydrogen (secondary N) is 1. The van der Waals surface area contributed by atoms with E-state index in [1.807, 2.05) is 0 Å². The second kappa shape index (κ2) is 5.09. The Morgan fingerprint density at radius 2 is 1.90 bits per heavy atom. The second-order valence-electron chi connectivity index (χ2n) is 3.75. The molecule has 0 aliphatic rings.